The monoisotopic (exact) mass is 306 g/mol. The van der Waals surface area contributed by atoms with Crippen LogP contribution in [0.25, 0.3) is 10.9 Å². The molecule has 20 heavy (non-hydrogen) atoms. The Kier molecular flexibility index (Phi) is 3.27. The molecular formula is C14H14N2O2S2. The maximum Gasteiger partial charge on any atom is 0.273 e. The first-order chi connectivity index (χ1) is 9.64. The standard InChI is InChI=1S/C14H14N2O2S2/c1-2-16(20(17,18)13-7-4-10-19-13)12-6-3-5-11-8-9-15-14(11)12/h3-10,15H,2H2,1H3. The highest BCUT2D eigenvalue weighted by atomic mass is 32.2. The van der Waals surface area contributed by atoms with Crippen LogP contribution in [-0.4, -0.2) is 19.9 Å². The molecule has 0 unspecified atom stereocenters. The van der Waals surface area contributed by atoms with Gasteiger partial charge in [0.2, 0.25) is 0 Å². The molecule has 3 rings (SSSR count). The fourth-order valence-corrected chi connectivity index (χ4v) is 4.86. The Bertz CT molecular complexity index is 820. The molecule has 0 bridgehead atoms. The molecular weight excluding hydrogens is 292 g/mol. The van der Waals surface area contributed by atoms with Gasteiger partial charge < -0.3 is 4.98 Å². The summed E-state index contributed by atoms with van der Waals surface area (Å²) in [5, 5.41) is 2.78. The molecule has 2 aromatic heterocycles. The Morgan fingerprint density at radius 2 is 2.05 bits per heavy atom. The van der Waals surface area contributed by atoms with Crippen molar-refractivity contribution in [3.63, 3.8) is 0 Å². The number of nitrogens with zero attached hydrogens (tertiary/aromatic N) is 1. The van der Waals surface area contributed by atoms with Crippen LogP contribution in [-0.2, 0) is 10.0 Å². The summed E-state index contributed by atoms with van der Waals surface area (Å²) in [6.07, 6.45) is 1.82. The fraction of sp³-hybridized carbons (Fsp3) is 0.143. The number of thiophene rings is 1. The minimum Gasteiger partial charge on any atom is -0.359 e. The van der Waals surface area contributed by atoms with Gasteiger partial charge in [-0.3, -0.25) is 4.31 Å². The van der Waals surface area contributed by atoms with Gasteiger partial charge in [0.05, 0.1) is 11.2 Å². The third-order valence-corrected chi connectivity index (χ3v) is 6.42. The zero-order valence-electron chi connectivity index (χ0n) is 10.9. The molecule has 0 aliphatic rings. The molecule has 6 heteroatoms. The molecule has 0 aliphatic heterocycles. The number of para-hydroxylation sites is 1. The summed E-state index contributed by atoms with van der Waals surface area (Å²) in [7, 11) is -3.50. The van der Waals surface area contributed by atoms with Gasteiger partial charge in [0.1, 0.15) is 4.21 Å². The van der Waals surface area contributed by atoms with E-state index in [-0.39, 0.29) is 0 Å². The Balaban J connectivity index is 2.18. The third kappa shape index (κ3) is 2.01. The van der Waals surface area contributed by atoms with E-state index in [1.807, 2.05) is 37.4 Å². The molecule has 0 radical (unpaired) electrons. The van der Waals surface area contributed by atoms with Crippen molar-refractivity contribution in [3.05, 3.63) is 48.0 Å². The van der Waals surface area contributed by atoms with Gasteiger partial charge in [-0.15, -0.1) is 11.3 Å². The summed E-state index contributed by atoms with van der Waals surface area (Å²) in [6, 6.07) is 11.0. The van der Waals surface area contributed by atoms with Crippen molar-refractivity contribution in [2.75, 3.05) is 10.8 Å². The molecule has 0 aliphatic carbocycles. The molecule has 1 aromatic carbocycles. The van der Waals surface area contributed by atoms with Gasteiger partial charge in [-0.05, 0) is 30.5 Å². The van der Waals surface area contributed by atoms with Crippen LogP contribution in [0.2, 0.25) is 0 Å². The highest BCUT2D eigenvalue weighted by Crippen LogP contribution is 2.31. The normalized spacial score (nSPS) is 11.8. The number of rotatable bonds is 4. The van der Waals surface area contributed by atoms with Crippen molar-refractivity contribution >= 4 is 38.0 Å². The maximum absolute atomic E-state index is 12.7. The van der Waals surface area contributed by atoms with Crippen molar-refractivity contribution < 1.29 is 8.42 Å². The minimum absolute atomic E-state index is 0.364. The van der Waals surface area contributed by atoms with Crippen LogP contribution in [0.3, 0.4) is 0 Å². The smallest absolute Gasteiger partial charge is 0.273 e. The first-order valence-electron chi connectivity index (χ1n) is 6.27. The number of nitrogens with one attached hydrogen (secondary N) is 1. The number of aromatic nitrogens is 1. The zero-order chi connectivity index (χ0) is 14.2. The average molecular weight is 306 g/mol. The first kappa shape index (κ1) is 13.2. The van der Waals surface area contributed by atoms with Crippen LogP contribution >= 0.6 is 11.3 Å². The summed E-state index contributed by atoms with van der Waals surface area (Å²) < 4.78 is 27.2. The largest absolute Gasteiger partial charge is 0.359 e. The Morgan fingerprint density at radius 1 is 1.20 bits per heavy atom. The molecule has 104 valence electrons. The molecule has 0 spiro atoms. The van der Waals surface area contributed by atoms with Crippen molar-refractivity contribution in [1.82, 2.24) is 4.98 Å². The number of aromatic amines is 1. The molecule has 0 saturated heterocycles. The minimum atomic E-state index is -3.50. The van der Waals surface area contributed by atoms with Crippen LogP contribution in [0.1, 0.15) is 6.92 Å². The Morgan fingerprint density at radius 3 is 2.75 bits per heavy atom. The van der Waals surface area contributed by atoms with Crippen molar-refractivity contribution in [2.45, 2.75) is 11.1 Å². The summed E-state index contributed by atoms with van der Waals surface area (Å²) >= 11 is 1.24. The summed E-state index contributed by atoms with van der Waals surface area (Å²) in [6.45, 7) is 2.23. The maximum atomic E-state index is 12.7. The summed E-state index contributed by atoms with van der Waals surface area (Å²) in [5.74, 6) is 0. The van der Waals surface area contributed by atoms with Crippen LogP contribution in [0.15, 0.2) is 52.2 Å². The van der Waals surface area contributed by atoms with E-state index in [2.05, 4.69) is 4.98 Å². The van der Waals surface area contributed by atoms with E-state index in [1.54, 1.807) is 17.5 Å². The lowest BCUT2D eigenvalue weighted by molar-refractivity contribution is 0.594. The van der Waals surface area contributed by atoms with Gasteiger partial charge in [0.25, 0.3) is 10.0 Å². The van der Waals surface area contributed by atoms with E-state index >= 15 is 0 Å². The highest BCUT2D eigenvalue weighted by Gasteiger charge is 2.25. The van der Waals surface area contributed by atoms with E-state index in [0.29, 0.717) is 16.4 Å². The number of hydrogen-bond donors (Lipinski definition) is 1. The van der Waals surface area contributed by atoms with Gasteiger partial charge >= 0.3 is 0 Å². The van der Waals surface area contributed by atoms with Gasteiger partial charge in [0, 0.05) is 18.1 Å². The van der Waals surface area contributed by atoms with E-state index < -0.39 is 10.0 Å². The average Bonchev–Trinajstić information content (AvgIpc) is 3.11. The molecule has 0 amide bonds. The van der Waals surface area contributed by atoms with E-state index in [0.717, 1.165) is 10.9 Å². The quantitative estimate of drug-likeness (QED) is 0.802. The topological polar surface area (TPSA) is 53.2 Å². The molecule has 0 fully saturated rings. The molecule has 1 N–H and O–H groups in total. The first-order valence-corrected chi connectivity index (χ1v) is 8.59. The van der Waals surface area contributed by atoms with Crippen molar-refractivity contribution in [1.29, 1.82) is 0 Å². The second-order valence-electron chi connectivity index (χ2n) is 4.32. The molecule has 2 heterocycles. The third-order valence-electron chi connectivity index (χ3n) is 3.16. The van der Waals surface area contributed by atoms with E-state index in [1.165, 1.54) is 15.6 Å². The molecule has 3 aromatic rings. The number of anilines is 1. The summed E-state index contributed by atoms with van der Waals surface area (Å²) in [5.41, 5.74) is 1.53. The number of hydrogen-bond acceptors (Lipinski definition) is 3. The molecule has 0 saturated carbocycles. The second kappa shape index (κ2) is 4.96. The SMILES string of the molecule is CCN(c1cccc2cc[nH]c12)S(=O)(=O)c1cccs1. The predicted octanol–water partition coefficient (Wildman–Crippen LogP) is 3.44. The van der Waals surface area contributed by atoms with Gasteiger partial charge in [-0.2, -0.15) is 0 Å². The summed E-state index contributed by atoms with van der Waals surface area (Å²) in [4.78, 5) is 3.12. The second-order valence-corrected chi connectivity index (χ2v) is 7.36. The lowest BCUT2D eigenvalue weighted by atomic mass is 10.2. The number of sulfonamides is 1. The predicted molar refractivity (Wildman–Crippen MR) is 82.8 cm³/mol. The van der Waals surface area contributed by atoms with Crippen molar-refractivity contribution in [2.24, 2.45) is 0 Å². The van der Waals surface area contributed by atoms with Gasteiger partial charge in [-0.1, -0.05) is 18.2 Å². The molecule has 4 nitrogen and oxygen atoms in total. The zero-order valence-corrected chi connectivity index (χ0v) is 12.5. The van der Waals surface area contributed by atoms with E-state index in [4.69, 9.17) is 0 Å². The lowest BCUT2D eigenvalue weighted by Crippen LogP contribution is -2.30. The van der Waals surface area contributed by atoms with Gasteiger partial charge in [0.15, 0.2) is 0 Å². The van der Waals surface area contributed by atoms with Crippen LogP contribution in [0.5, 0.6) is 0 Å². The van der Waals surface area contributed by atoms with Crippen LogP contribution < -0.4 is 4.31 Å². The van der Waals surface area contributed by atoms with Crippen LogP contribution in [0, 0.1) is 0 Å². The lowest BCUT2D eigenvalue weighted by Gasteiger charge is -2.22. The van der Waals surface area contributed by atoms with Crippen LogP contribution in [0.4, 0.5) is 5.69 Å². The molecule has 0 atom stereocenters. The number of H-pyrrole nitrogens is 1. The Hall–Kier alpha value is -1.79. The fourth-order valence-electron chi connectivity index (χ4n) is 2.26. The van der Waals surface area contributed by atoms with Gasteiger partial charge in [-0.25, -0.2) is 8.42 Å². The highest BCUT2D eigenvalue weighted by molar-refractivity contribution is 7.94. The number of fused-ring (bicyclic) bond motifs is 1. The van der Waals surface area contributed by atoms with E-state index in [9.17, 15) is 8.42 Å². The number of benzene rings is 1. The Labute approximate surface area is 121 Å². The van der Waals surface area contributed by atoms with Crippen molar-refractivity contribution in [3.8, 4) is 0 Å².